The number of hydrogen-bond donors (Lipinski definition) is 1. The zero-order valence-electron chi connectivity index (χ0n) is 22.0. The second-order valence-corrected chi connectivity index (χ2v) is 10.4. The van der Waals surface area contributed by atoms with E-state index in [1.165, 1.54) is 31.4 Å². The van der Waals surface area contributed by atoms with Crippen LogP contribution in [0.25, 0.3) is 11.0 Å². The van der Waals surface area contributed by atoms with E-state index >= 15 is 0 Å². The number of anilines is 1. The first-order valence-electron chi connectivity index (χ1n) is 13.2. The number of ether oxygens (including phenoxy) is 2. The molecule has 202 valence electrons. The predicted molar refractivity (Wildman–Crippen MR) is 141 cm³/mol. The number of fused-ring (bicyclic) bond motifs is 3. The molecule has 8 nitrogen and oxygen atoms in total. The summed E-state index contributed by atoms with van der Waals surface area (Å²) in [6.45, 7) is 2.00. The fourth-order valence-electron chi connectivity index (χ4n) is 6.14. The molecule has 1 aliphatic carbocycles. The SMILES string of the molecule is COC(=O)N1c2ccc3c(nc(C[C@@H](C(=O)O)c4ccc(F)cc4)n3C3CCC(OC)CC3)c2CC[C@@H]1C. The molecule has 1 aromatic heterocycles. The minimum Gasteiger partial charge on any atom is -0.481 e. The van der Waals surface area contributed by atoms with Gasteiger partial charge in [0.2, 0.25) is 0 Å². The zero-order chi connectivity index (χ0) is 27.0. The van der Waals surface area contributed by atoms with Crippen molar-refractivity contribution in [3.63, 3.8) is 0 Å². The van der Waals surface area contributed by atoms with Gasteiger partial charge >= 0.3 is 12.1 Å². The summed E-state index contributed by atoms with van der Waals surface area (Å²) in [5.74, 6) is -1.57. The number of aryl methyl sites for hydroxylation is 1. The molecular weight excluding hydrogens is 489 g/mol. The first-order valence-corrected chi connectivity index (χ1v) is 13.2. The Hall–Kier alpha value is -3.46. The molecule has 1 aliphatic heterocycles. The second kappa shape index (κ2) is 10.7. The minimum absolute atomic E-state index is 0.00635. The molecule has 1 amide bonds. The van der Waals surface area contributed by atoms with Gasteiger partial charge in [-0.15, -0.1) is 0 Å². The number of imidazole rings is 1. The number of aromatic nitrogens is 2. The van der Waals surface area contributed by atoms with Crippen LogP contribution in [-0.4, -0.2) is 53.1 Å². The molecule has 1 fully saturated rings. The second-order valence-electron chi connectivity index (χ2n) is 10.4. The summed E-state index contributed by atoms with van der Waals surface area (Å²) in [6.07, 6.45) is 5.14. The summed E-state index contributed by atoms with van der Waals surface area (Å²) in [6, 6.07) is 9.74. The number of carbonyl (C=O) groups excluding carboxylic acids is 1. The van der Waals surface area contributed by atoms with Crippen molar-refractivity contribution in [1.82, 2.24) is 9.55 Å². The quantitative estimate of drug-likeness (QED) is 0.451. The topological polar surface area (TPSA) is 93.9 Å². The fraction of sp³-hybridized carbons (Fsp3) is 0.483. The van der Waals surface area contributed by atoms with Crippen molar-refractivity contribution in [3.05, 3.63) is 59.2 Å². The van der Waals surface area contributed by atoms with Gasteiger partial charge in [-0.2, -0.15) is 0 Å². The predicted octanol–water partition coefficient (Wildman–Crippen LogP) is 5.62. The Kier molecular flexibility index (Phi) is 7.38. The van der Waals surface area contributed by atoms with Crippen molar-refractivity contribution < 1.29 is 28.6 Å². The molecule has 38 heavy (non-hydrogen) atoms. The third-order valence-corrected chi connectivity index (χ3v) is 8.20. The smallest absolute Gasteiger partial charge is 0.414 e. The lowest BCUT2D eigenvalue weighted by Crippen LogP contribution is -2.42. The van der Waals surface area contributed by atoms with Gasteiger partial charge in [0.05, 0.1) is 35.9 Å². The van der Waals surface area contributed by atoms with Crippen LogP contribution in [-0.2, 0) is 27.1 Å². The van der Waals surface area contributed by atoms with Gasteiger partial charge in [0.1, 0.15) is 11.6 Å². The molecule has 2 aromatic carbocycles. The van der Waals surface area contributed by atoms with E-state index in [1.54, 1.807) is 12.0 Å². The van der Waals surface area contributed by atoms with Crippen LogP contribution in [0.4, 0.5) is 14.9 Å². The molecule has 2 atom stereocenters. The van der Waals surface area contributed by atoms with Crippen LogP contribution in [0.3, 0.4) is 0 Å². The first kappa shape index (κ1) is 26.2. The van der Waals surface area contributed by atoms with Gasteiger partial charge in [0.15, 0.2) is 0 Å². The molecule has 2 heterocycles. The van der Waals surface area contributed by atoms with Crippen LogP contribution in [0.5, 0.6) is 0 Å². The highest BCUT2D eigenvalue weighted by Crippen LogP contribution is 2.40. The van der Waals surface area contributed by atoms with Crippen LogP contribution >= 0.6 is 0 Å². The van der Waals surface area contributed by atoms with E-state index in [9.17, 15) is 19.1 Å². The van der Waals surface area contributed by atoms with Gasteiger partial charge in [-0.25, -0.2) is 14.2 Å². The molecule has 0 radical (unpaired) electrons. The molecule has 9 heteroatoms. The maximum Gasteiger partial charge on any atom is 0.414 e. The van der Waals surface area contributed by atoms with Crippen molar-refractivity contribution in [2.45, 2.75) is 76.0 Å². The molecule has 0 unspecified atom stereocenters. The fourth-order valence-corrected chi connectivity index (χ4v) is 6.14. The standard InChI is InChI=1S/C29H34FN3O5/c1-17-4-13-22-24(32(17)29(36)38-3)14-15-25-27(22)31-26(33(25)20-9-11-21(37-2)12-10-20)16-23(28(34)35)18-5-7-19(30)8-6-18/h5-8,14-15,17,20-21,23H,4,9-13,16H2,1-3H3,(H,34,35)/t17-,20?,21?,23+/m0/s1. The molecule has 0 spiro atoms. The highest BCUT2D eigenvalue weighted by atomic mass is 19.1. The van der Waals surface area contributed by atoms with Crippen molar-refractivity contribution in [1.29, 1.82) is 0 Å². The number of carbonyl (C=O) groups is 2. The van der Waals surface area contributed by atoms with Crippen LogP contribution in [0.2, 0.25) is 0 Å². The molecule has 5 rings (SSSR count). The van der Waals surface area contributed by atoms with E-state index in [4.69, 9.17) is 14.5 Å². The molecule has 3 aromatic rings. The number of benzene rings is 2. The summed E-state index contributed by atoms with van der Waals surface area (Å²) in [5, 5.41) is 10.1. The summed E-state index contributed by atoms with van der Waals surface area (Å²) in [5.41, 5.74) is 4.05. The van der Waals surface area contributed by atoms with Gasteiger partial charge in [0.25, 0.3) is 0 Å². The number of methoxy groups -OCH3 is 2. The molecule has 1 saturated carbocycles. The average molecular weight is 524 g/mol. The number of aliphatic carboxylic acids is 1. The number of carboxylic acid groups (broad SMARTS) is 1. The lowest BCUT2D eigenvalue weighted by atomic mass is 9.91. The van der Waals surface area contributed by atoms with Gasteiger partial charge in [-0.05, 0) is 75.3 Å². The normalized spacial score (nSPS) is 22.2. The number of rotatable bonds is 6. The highest BCUT2D eigenvalue weighted by molar-refractivity contribution is 5.95. The Balaban J connectivity index is 1.63. The van der Waals surface area contributed by atoms with E-state index in [-0.39, 0.29) is 24.6 Å². The van der Waals surface area contributed by atoms with Gasteiger partial charge in [-0.1, -0.05) is 12.1 Å². The van der Waals surface area contributed by atoms with Crippen molar-refractivity contribution >= 4 is 28.8 Å². The van der Waals surface area contributed by atoms with Crippen molar-refractivity contribution in [2.24, 2.45) is 0 Å². The summed E-state index contributed by atoms with van der Waals surface area (Å²) < 4.78 is 26.4. The Morgan fingerprint density at radius 2 is 1.79 bits per heavy atom. The molecule has 0 saturated heterocycles. The number of nitrogens with zero attached hydrogens (tertiary/aromatic N) is 3. The first-order chi connectivity index (χ1) is 18.3. The molecule has 2 aliphatic rings. The molecule has 0 bridgehead atoms. The lowest BCUT2D eigenvalue weighted by molar-refractivity contribution is -0.138. The van der Waals surface area contributed by atoms with E-state index in [1.807, 2.05) is 19.1 Å². The summed E-state index contributed by atoms with van der Waals surface area (Å²) in [4.78, 5) is 31.8. The Morgan fingerprint density at radius 3 is 2.42 bits per heavy atom. The van der Waals surface area contributed by atoms with Gasteiger partial charge in [0, 0.05) is 31.2 Å². The molecule has 1 N–H and O–H groups in total. The van der Waals surface area contributed by atoms with E-state index in [2.05, 4.69) is 4.57 Å². The maximum atomic E-state index is 13.6. The monoisotopic (exact) mass is 523 g/mol. The Bertz CT molecular complexity index is 1330. The largest absolute Gasteiger partial charge is 0.481 e. The highest BCUT2D eigenvalue weighted by Gasteiger charge is 2.34. The van der Waals surface area contributed by atoms with E-state index in [0.717, 1.165) is 60.8 Å². The molecular formula is C29H34FN3O5. The average Bonchev–Trinajstić information content (AvgIpc) is 3.30. The summed E-state index contributed by atoms with van der Waals surface area (Å²) >= 11 is 0. The van der Waals surface area contributed by atoms with Crippen molar-refractivity contribution in [3.8, 4) is 0 Å². The van der Waals surface area contributed by atoms with Gasteiger partial charge in [-0.3, -0.25) is 9.69 Å². The van der Waals surface area contributed by atoms with Crippen LogP contribution in [0.15, 0.2) is 36.4 Å². The third-order valence-electron chi connectivity index (χ3n) is 8.20. The van der Waals surface area contributed by atoms with Crippen LogP contribution in [0.1, 0.15) is 67.9 Å². The van der Waals surface area contributed by atoms with Gasteiger partial charge < -0.3 is 19.1 Å². The Labute approximate surface area is 221 Å². The number of amides is 1. The number of carboxylic acids is 1. The van der Waals surface area contributed by atoms with E-state index in [0.29, 0.717) is 11.4 Å². The Morgan fingerprint density at radius 1 is 1.08 bits per heavy atom. The number of halogens is 1. The lowest BCUT2D eigenvalue weighted by Gasteiger charge is -2.34. The van der Waals surface area contributed by atoms with Crippen LogP contribution < -0.4 is 4.90 Å². The third kappa shape index (κ3) is 4.75. The summed E-state index contributed by atoms with van der Waals surface area (Å²) in [7, 11) is 3.12. The maximum absolute atomic E-state index is 13.6. The van der Waals surface area contributed by atoms with Crippen LogP contribution in [0, 0.1) is 5.82 Å². The van der Waals surface area contributed by atoms with E-state index < -0.39 is 23.8 Å². The minimum atomic E-state index is -0.981. The van der Waals surface area contributed by atoms with Crippen molar-refractivity contribution in [2.75, 3.05) is 19.1 Å². The number of hydrogen-bond acceptors (Lipinski definition) is 5. The zero-order valence-corrected chi connectivity index (χ0v) is 22.0.